The van der Waals surface area contributed by atoms with Crippen LogP contribution in [0.15, 0.2) is 52.9 Å². The first-order valence-corrected chi connectivity index (χ1v) is 10.4. The molecule has 0 saturated carbocycles. The number of esters is 1. The van der Waals surface area contributed by atoms with E-state index in [1.54, 1.807) is 12.1 Å². The van der Waals surface area contributed by atoms with Crippen LogP contribution in [0.5, 0.6) is 0 Å². The van der Waals surface area contributed by atoms with Crippen LogP contribution in [0.4, 0.5) is 11.7 Å². The van der Waals surface area contributed by atoms with E-state index in [1.165, 1.54) is 19.1 Å². The van der Waals surface area contributed by atoms with Crippen molar-refractivity contribution in [3.05, 3.63) is 54.1 Å². The van der Waals surface area contributed by atoms with Crippen molar-refractivity contribution < 1.29 is 23.5 Å². The molecule has 32 heavy (non-hydrogen) atoms. The highest BCUT2D eigenvalue weighted by Crippen LogP contribution is 2.27. The van der Waals surface area contributed by atoms with Crippen LogP contribution in [0.25, 0.3) is 11.1 Å². The van der Waals surface area contributed by atoms with Crippen LogP contribution in [0.1, 0.15) is 30.1 Å². The first-order chi connectivity index (χ1) is 15.4. The molecule has 1 aliphatic rings. The number of fused-ring (bicyclic) bond motifs is 1. The third-order valence-electron chi connectivity index (χ3n) is 5.48. The molecule has 2 heterocycles. The van der Waals surface area contributed by atoms with Gasteiger partial charge < -0.3 is 25.1 Å². The van der Waals surface area contributed by atoms with Crippen molar-refractivity contribution >= 4 is 40.6 Å². The number of ether oxygens (including phenoxy) is 1. The summed E-state index contributed by atoms with van der Waals surface area (Å²) in [7, 11) is 0. The molecule has 1 fully saturated rings. The first-order valence-electron chi connectivity index (χ1n) is 10.4. The molecule has 1 aliphatic heterocycles. The second-order valence-corrected chi connectivity index (χ2v) is 7.74. The maximum absolute atomic E-state index is 12.6. The largest absolute Gasteiger partial charge is 0.452 e. The number of hydrogen-bond acceptors (Lipinski definition) is 7. The standard InChI is InChI=1S/C23H24N4O5/c1-14(21(29)25-17-8-6-15(7-9-17)20(24)28)31-22(30)16-10-12-27(13-11-16)23-26-18-4-2-3-5-19(18)32-23/h2-9,14,16H,10-13H2,1H3,(H2,24,28)(H,25,29). The van der Waals surface area contributed by atoms with Crippen LogP contribution in [0.2, 0.25) is 0 Å². The Morgan fingerprint density at radius 3 is 2.47 bits per heavy atom. The van der Waals surface area contributed by atoms with E-state index in [0.29, 0.717) is 43.2 Å². The molecule has 166 valence electrons. The van der Waals surface area contributed by atoms with Gasteiger partial charge in [0.05, 0.1) is 5.92 Å². The topological polar surface area (TPSA) is 128 Å². The molecule has 2 amide bonds. The fourth-order valence-corrected chi connectivity index (χ4v) is 3.59. The normalized spacial score (nSPS) is 15.3. The summed E-state index contributed by atoms with van der Waals surface area (Å²) >= 11 is 0. The zero-order valence-corrected chi connectivity index (χ0v) is 17.6. The van der Waals surface area contributed by atoms with Gasteiger partial charge in [0.15, 0.2) is 11.7 Å². The predicted molar refractivity (Wildman–Crippen MR) is 118 cm³/mol. The number of hydrogen-bond donors (Lipinski definition) is 2. The van der Waals surface area contributed by atoms with E-state index >= 15 is 0 Å². The number of nitrogens with zero attached hydrogens (tertiary/aromatic N) is 2. The molecule has 0 aliphatic carbocycles. The van der Waals surface area contributed by atoms with E-state index in [0.717, 1.165) is 11.1 Å². The molecule has 0 radical (unpaired) electrons. The van der Waals surface area contributed by atoms with Crippen molar-refractivity contribution in [2.75, 3.05) is 23.3 Å². The van der Waals surface area contributed by atoms with Gasteiger partial charge in [-0.25, -0.2) is 0 Å². The highest BCUT2D eigenvalue weighted by molar-refractivity contribution is 5.96. The minimum atomic E-state index is -0.951. The molecule has 4 rings (SSSR count). The van der Waals surface area contributed by atoms with Crippen LogP contribution in [0.3, 0.4) is 0 Å². The Balaban J connectivity index is 1.27. The van der Waals surface area contributed by atoms with Gasteiger partial charge in [-0.05, 0) is 56.2 Å². The summed E-state index contributed by atoms with van der Waals surface area (Å²) in [5.41, 5.74) is 7.55. The summed E-state index contributed by atoms with van der Waals surface area (Å²) in [6.07, 6.45) is 0.217. The zero-order chi connectivity index (χ0) is 22.7. The highest BCUT2D eigenvalue weighted by atomic mass is 16.5. The minimum absolute atomic E-state index is 0.291. The number of nitrogens with one attached hydrogen (secondary N) is 1. The van der Waals surface area contributed by atoms with E-state index < -0.39 is 23.9 Å². The lowest BCUT2D eigenvalue weighted by Crippen LogP contribution is -2.39. The van der Waals surface area contributed by atoms with E-state index in [2.05, 4.69) is 10.3 Å². The van der Waals surface area contributed by atoms with Gasteiger partial charge in [-0.2, -0.15) is 4.98 Å². The summed E-state index contributed by atoms with van der Waals surface area (Å²) in [4.78, 5) is 42.5. The molecular weight excluding hydrogens is 412 g/mol. The lowest BCUT2D eigenvalue weighted by molar-refractivity contribution is -0.158. The second-order valence-electron chi connectivity index (χ2n) is 7.74. The summed E-state index contributed by atoms with van der Waals surface area (Å²) in [6.45, 7) is 2.75. The van der Waals surface area contributed by atoms with Gasteiger partial charge >= 0.3 is 5.97 Å². The maximum Gasteiger partial charge on any atom is 0.309 e. The van der Waals surface area contributed by atoms with Gasteiger partial charge in [0, 0.05) is 24.3 Å². The molecule has 2 aromatic carbocycles. The molecule has 1 aromatic heterocycles. The molecule has 9 nitrogen and oxygen atoms in total. The Labute approximate surface area is 184 Å². The predicted octanol–water partition coefficient (Wildman–Crippen LogP) is 2.71. The van der Waals surface area contributed by atoms with Crippen LogP contribution >= 0.6 is 0 Å². The summed E-state index contributed by atoms with van der Waals surface area (Å²) in [5, 5.41) is 2.66. The number of aromatic nitrogens is 1. The number of para-hydroxylation sites is 2. The van der Waals surface area contributed by atoms with Crippen LogP contribution in [-0.4, -0.2) is 42.0 Å². The van der Waals surface area contributed by atoms with Gasteiger partial charge in [0.25, 0.3) is 11.9 Å². The Morgan fingerprint density at radius 2 is 1.81 bits per heavy atom. The number of oxazole rings is 1. The number of carbonyl (C=O) groups is 3. The molecule has 3 N–H and O–H groups in total. The van der Waals surface area contributed by atoms with E-state index in [4.69, 9.17) is 14.9 Å². The monoisotopic (exact) mass is 436 g/mol. The summed E-state index contributed by atoms with van der Waals surface area (Å²) in [5.74, 6) is -1.68. The number of rotatable bonds is 6. The zero-order valence-electron chi connectivity index (χ0n) is 17.6. The average molecular weight is 436 g/mol. The molecule has 3 aromatic rings. The third-order valence-corrected chi connectivity index (χ3v) is 5.48. The van der Waals surface area contributed by atoms with Crippen molar-refractivity contribution in [2.45, 2.75) is 25.9 Å². The van der Waals surface area contributed by atoms with E-state index in [9.17, 15) is 14.4 Å². The molecule has 9 heteroatoms. The van der Waals surface area contributed by atoms with Crippen LogP contribution in [-0.2, 0) is 14.3 Å². The number of carbonyl (C=O) groups excluding carboxylic acids is 3. The molecule has 1 atom stereocenters. The molecule has 1 unspecified atom stereocenters. The van der Waals surface area contributed by atoms with Crippen molar-refractivity contribution in [3.63, 3.8) is 0 Å². The van der Waals surface area contributed by atoms with E-state index in [1.807, 2.05) is 29.2 Å². The average Bonchev–Trinajstić information content (AvgIpc) is 3.24. The number of anilines is 2. The smallest absolute Gasteiger partial charge is 0.309 e. The van der Waals surface area contributed by atoms with Crippen molar-refractivity contribution in [1.29, 1.82) is 0 Å². The molecule has 0 bridgehead atoms. The van der Waals surface area contributed by atoms with Gasteiger partial charge in [0.1, 0.15) is 5.52 Å². The van der Waals surface area contributed by atoms with Crippen molar-refractivity contribution in [3.8, 4) is 0 Å². The SMILES string of the molecule is CC(OC(=O)C1CCN(c2nc3ccccc3o2)CC1)C(=O)Nc1ccc(C(N)=O)cc1. The number of benzene rings is 2. The summed E-state index contributed by atoms with van der Waals surface area (Å²) < 4.78 is 11.2. The lowest BCUT2D eigenvalue weighted by Gasteiger charge is -2.30. The van der Waals surface area contributed by atoms with Gasteiger partial charge in [-0.15, -0.1) is 0 Å². The number of primary amides is 1. The first kappa shape index (κ1) is 21.4. The third kappa shape index (κ3) is 4.72. The quantitative estimate of drug-likeness (QED) is 0.569. The summed E-state index contributed by atoms with van der Waals surface area (Å²) in [6, 6.07) is 14.3. The Kier molecular flexibility index (Phi) is 6.07. The van der Waals surface area contributed by atoms with E-state index in [-0.39, 0.29) is 5.92 Å². The Bertz CT molecular complexity index is 1100. The lowest BCUT2D eigenvalue weighted by atomic mass is 9.97. The molecule has 1 saturated heterocycles. The van der Waals surface area contributed by atoms with Crippen molar-refractivity contribution in [1.82, 2.24) is 4.98 Å². The Hall–Kier alpha value is -3.88. The minimum Gasteiger partial charge on any atom is -0.452 e. The van der Waals surface area contributed by atoms with Crippen LogP contribution < -0.4 is 16.0 Å². The van der Waals surface area contributed by atoms with Crippen molar-refractivity contribution in [2.24, 2.45) is 11.7 Å². The molecular formula is C23H24N4O5. The maximum atomic E-state index is 12.6. The fourth-order valence-electron chi connectivity index (χ4n) is 3.59. The van der Waals surface area contributed by atoms with Gasteiger partial charge in [-0.3, -0.25) is 14.4 Å². The second kappa shape index (κ2) is 9.09. The number of piperidine rings is 1. The van der Waals surface area contributed by atoms with Crippen LogP contribution in [0, 0.1) is 5.92 Å². The number of amides is 2. The highest BCUT2D eigenvalue weighted by Gasteiger charge is 2.30. The number of nitrogens with two attached hydrogens (primary N) is 1. The fraction of sp³-hybridized carbons (Fsp3) is 0.304. The Morgan fingerprint density at radius 1 is 1.12 bits per heavy atom. The van der Waals surface area contributed by atoms with Gasteiger partial charge in [0.2, 0.25) is 5.91 Å². The molecule has 0 spiro atoms. The van der Waals surface area contributed by atoms with Gasteiger partial charge in [-0.1, -0.05) is 12.1 Å².